The highest BCUT2D eigenvalue weighted by atomic mass is 16.5. The fourth-order valence-electron chi connectivity index (χ4n) is 2.76. The van der Waals surface area contributed by atoms with Gasteiger partial charge in [0.1, 0.15) is 5.54 Å². The number of nitrogens with one attached hydrogen (secondary N) is 1. The van der Waals surface area contributed by atoms with Crippen LogP contribution >= 0.6 is 0 Å². The molecule has 0 bridgehead atoms. The van der Waals surface area contributed by atoms with Gasteiger partial charge in [-0.15, -0.1) is 0 Å². The Kier molecular flexibility index (Phi) is 4.16. The molecule has 20 heavy (non-hydrogen) atoms. The monoisotopic (exact) mass is 276 g/mol. The van der Waals surface area contributed by atoms with Crippen LogP contribution in [0.2, 0.25) is 0 Å². The molecule has 1 aliphatic rings. The highest BCUT2D eigenvalue weighted by Gasteiger charge is 2.62. The van der Waals surface area contributed by atoms with Crippen LogP contribution in [0.3, 0.4) is 0 Å². The maximum atomic E-state index is 12.4. The average molecular weight is 276 g/mol. The zero-order chi connectivity index (χ0) is 14.8. The summed E-state index contributed by atoms with van der Waals surface area (Å²) in [4.78, 5) is 12.4. The Morgan fingerprint density at radius 1 is 1.40 bits per heavy atom. The fourth-order valence-corrected chi connectivity index (χ4v) is 2.76. The van der Waals surface area contributed by atoms with Crippen molar-refractivity contribution in [1.29, 1.82) is 0 Å². The third-order valence-corrected chi connectivity index (χ3v) is 4.53. The van der Waals surface area contributed by atoms with Gasteiger partial charge in [-0.1, -0.05) is 44.2 Å². The SMILES string of the molecule is CCOC1CC(N)(C(=O)NCc2ccccc2)C1(C)C. The molecular weight excluding hydrogens is 252 g/mol. The summed E-state index contributed by atoms with van der Waals surface area (Å²) in [5.41, 5.74) is 6.20. The van der Waals surface area contributed by atoms with E-state index in [9.17, 15) is 4.79 Å². The molecule has 1 amide bonds. The summed E-state index contributed by atoms with van der Waals surface area (Å²) in [7, 11) is 0. The first-order valence-electron chi connectivity index (χ1n) is 7.14. The molecule has 0 spiro atoms. The highest BCUT2D eigenvalue weighted by molar-refractivity contribution is 5.88. The van der Waals surface area contributed by atoms with Gasteiger partial charge in [0.25, 0.3) is 0 Å². The summed E-state index contributed by atoms with van der Waals surface area (Å²) in [6.45, 7) is 7.11. The van der Waals surface area contributed by atoms with Gasteiger partial charge in [-0.05, 0) is 12.5 Å². The van der Waals surface area contributed by atoms with Crippen molar-refractivity contribution in [3.8, 4) is 0 Å². The minimum absolute atomic E-state index is 0.0555. The summed E-state index contributed by atoms with van der Waals surface area (Å²) >= 11 is 0. The van der Waals surface area contributed by atoms with Gasteiger partial charge >= 0.3 is 0 Å². The van der Waals surface area contributed by atoms with Crippen molar-refractivity contribution in [3.05, 3.63) is 35.9 Å². The number of rotatable bonds is 5. The van der Waals surface area contributed by atoms with Crippen LogP contribution in [-0.2, 0) is 16.1 Å². The molecule has 1 aliphatic carbocycles. The lowest BCUT2D eigenvalue weighted by molar-refractivity contribution is -0.170. The van der Waals surface area contributed by atoms with Crippen LogP contribution in [0.15, 0.2) is 30.3 Å². The molecule has 2 atom stereocenters. The third-order valence-electron chi connectivity index (χ3n) is 4.53. The van der Waals surface area contributed by atoms with Crippen molar-refractivity contribution in [2.75, 3.05) is 6.61 Å². The zero-order valence-corrected chi connectivity index (χ0v) is 12.5. The molecule has 3 N–H and O–H groups in total. The maximum absolute atomic E-state index is 12.4. The number of ether oxygens (including phenoxy) is 1. The Morgan fingerprint density at radius 3 is 2.60 bits per heavy atom. The first kappa shape index (κ1) is 15.0. The van der Waals surface area contributed by atoms with Crippen LogP contribution in [0.25, 0.3) is 0 Å². The van der Waals surface area contributed by atoms with Gasteiger partial charge in [0.15, 0.2) is 0 Å². The normalized spacial score (nSPS) is 27.7. The third kappa shape index (κ3) is 2.45. The molecule has 0 saturated heterocycles. The van der Waals surface area contributed by atoms with Crippen LogP contribution in [0.5, 0.6) is 0 Å². The largest absolute Gasteiger partial charge is 0.378 e. The van der Waals surface area contributed by atoms with Crippen molar-refractivity contribution in [2.45, 2.75) is 45.4 Å². The van der Waals surface area contributed by atoms with E-state index in [2.05, 4.69) is 5.32 Å². The molecule has 1 aromatic carbocycles. The molecule has 1 fully saturated rings. The molecule has 4 heteroatoms. The van der Waals surface area contributed by atoms with Crippen LogP contribution in [-0.4, -0.2) is 24.2 Å². The number of hydrogen-bond acceptors (Lipinski definition) is 3. The first-order valence-corrected chi connectivity index (χ1v) is 7.14. The van der Waals surface area contributed by atoms with E-state index in [1.807, 2.05) is 51.1 Å². The standard InChI is InChI=1S/C16H24N2O2/c1-4-20-13-10-16(17,15(13,2)3)14(19)18-11-12-8-6-5-7-9-12/h5-9,13H,4,10-11,17H2,1-3H3,(H,18,19). The molecule has 0 radical (unpaired) electrons. The average Bonchev–Trinajstić information content (AvgIpc) is 2.45. The summed E-state index contributed by atoms with van der Waals surface area (Å²) in [5, 5.41) is 2.94. The van der Waals surface area contributed by atoms with Crippen molar-refractivity contribution >= 4 is 5.91 Å². The van der Waals surface area contributed by atoms with Crippen molar-refractivity contribution in [2.24, 2.45) is 11.1 Å². The van der Waals surface area contributed by atoms with E-state index in [0.717, 1.165) is 5.56 Å². The molecule has 0 aromatic heterocycles. The minimum Gasteiger partial charge on any atom is -0.378 e. The Labute approximate surface area is 120 Å². The minimum atomic E-state index is -0.846. The molecular formula is C16H24N2O2. The molecule has 1 saturated carbocycles. The second-order valence-electron chi connectivity index (χ2n) is 6.01. The van der Waals surface area contributed by atoms with E-state index >= 15 is 0 Å². The number of benzene rings is 1. The molecule has 0 heterocycles. The summed E-state index contributed by atoms with van der Waals surface area (Å²) in [6.07, 6.45) is 0.633. The predicted octanol–water partition coefficient (Wildman–Crippen LogP) is 1.84. The van der Waals surface area contributed by atoms with Gasteiger partial charge in [-0.2, -0.15) is 0 Å². The van der Waals surface area contributed by atoms with E-state index in [4.69, 9.17) is 10.5 Å². The first-order chi connectivity index (χ1) is 9.41. The quantitative estimate of drug-likeness (QED) is 0.862. The van der Waals surface area contributed by atoms with E-state index < -0.39 is 5.54 Å². The van der Waals surface area contributed by atoms with Crippen molar-refractivity contribution < 1.29 is 9.53 Å². The molecule has 2 rings (SSSR count). The van der Waals surface area contributed by atoms with Gasteiger partial charge < -0.3 is 15.8 Å². The fraction of sp³-hybridized carbons (Fsp3) is 0.562. The Balaban J connectivity index is 1.96. The van der Waals surface area contributed by atoms with E-state index in [1.165, 1.54) is 0 Å². The summed E-state index contributed by atoms with van der Waals surface area (Å²) in [5.74, 6) is -0.0951. The topological polar surface area (TPSA) is 64.3 Å². The number of carbonyl (C=O) groups is 1. The molecule has 4 nitrogen and oxygen atoms in total. The van der Waals surface area contributed by atoms with Crippen molar-refractivity contribution in [1.82, 2.24) is 5.32 Å². The van der Waals surface area contributed by atoms with E-state index in [1.54, 1.807) is 0 Å². The second-order valence-corrected chi connectivity index (χ2v) is 6.01. The summed E-state index contributed by atoms with van der Waals surface area (Å²) in [6, 6.07) is 9.84. The lowest BCUT2D eigenvalue weighted by Crippen LogP contribution is -2.75. The lowest BCUT2D eigenvalue weighted by Gasteiger charge is -2.57. The van der Waals surface area contributed by atoms with Crippen LogP contribution in [0.4, 0.5) is 0 Å². The molecule has 0 aliphatic heterocycles. The van der Waals surface area contributed by atoms with Gasteiger partial charge in [0.2, 0.25) is 5.91 Å². The Morgan fingerprint density at radius 2 is 2.05 bits per heavy atom. The van der Waals surface area contributed by atoms with Gasteiger partial charge in [-0.3, -0.25) is 4.79 Å². The smallest absolute Gasteiger partial charge is 0.241 e. The number of carbonyl (C=O) groups excluding carboxylic acids is 1. The molecule has 110 valence electrons. The van der Waals surface area contributed by atoms with E-state index in [0.29, 0.717) is 19.6 Å². The number of amides is 1. The van der Waals surface area contributed by atoms with Crippen molar-refractivity contribution in [3.63, 3.8) is 0 Å². The molecule has 2 unspecified atom stereocenters. The van der Waals surface area contributed by atoms with Crippen LogP contribution < -0.4 is 11.1 Å². The van der Waals surface area contributed by atoms with E-state index in [-0.39, 0.29) is 17.4 Å². The lowest BCUT2D eigenvalue weighted by atomic mass is 9.54. The predicted molar refractivity (Wildman–Crippen MR) is 79.0 cm³/mol. The zero-order valence-electron chi connectivity index (χ0n) is 12.5. The Hall–Kier alpha value is -1.39. The highest BCUT2D eigenvalue weighted by Crippen LogP contribution is 2.49. The van der Waals surface area contributed by atoms with Crippen LogP contribution in [0, 0.1) is 5.41 Å². The number of hydrogen-bond donors (Lipinski definition) is 2. The Bertz CT molecular complexity index is 473. The van der Waals surface area contributed by atoms with Gasteiger partial charge in [0.05, 0.1) is 6.10 Å². The second kappa shape index (κ2) is 5.54. The van der Waals surface area contributed by atoms with Gasteiger partial charge in [0, 0.05) is 25.0 Å². The summed E-state index contributed by atoms with van der Waals surface area (Å²) < 4.78 is 5.64. The van der Waals surface area contributed by atoms with Crippen LogP contribution in [0.1, 0.15) is 32.8 Å². The molecule has 1 aromatic rings. The maximum Gasteiger partial charge on any atom is 0.241 e. The number of nitrogens with two attached hydrogens (primary N) is 1. The van der Waals surface area contributed by atoms with Gasteiger partial charge in [-0.25, -0.2) is 0 Å².